The second kappa shape index (κ2) is 11.6. The first kappa shape index (κ1) is 29.7. The molecule has 0 aliphatic heterocycles. The largest absolute Gasteiger partial charge is 0.489 e. The molecule has 3 aromatic rings. The lowest BCUT2D eigenvalue weighted by atomic mass is 10.3. The monoisotopic (exact) mass is 498 g/mol. The van der Waals surface area contributed by atoms with Crippen LogP contribution in [0.3, 0.4) is 0 Å². The molecule has 6 N–H and O–H groups in total. The molecule has 0 fully saturated rings. The highest BCUT2D eigenvalue weighted by Crippen LogP contribution is 2.37. The topological polar surface area (TPSA) is 164 Å². The second-order valence-corrected chi connectivity index (χ2v) is 9.17. The summed E-state index contributed by atoms with van der Waals surface area (Å²) >= 11 is -0.295. The van der Waals surface area contributed by atoms with Gasteiger partial charge in [-0.1, -0.05) is 6.92 Å². The summed E-state index contributed by atoms with van der Waals surface area (Å²) in [5.41, 5.74) is -3.15. The molecule has 9 nitrogen and oxygen atoms in total. The summed E-state index contributed by atoms with van der Waals surface area (Å²) < 4.78 is 57.9. The Labute approximate surface area is 188 Å². The predicted molar refractivity (Wildman–Crippen MR) is 117 cm³/mol. The lowest BCUT2D eigenvalue weighted by molar-refractivity contribution is -0.0329. The maximum Gasteiger partial charge on any atom is 0.447 e. The van der Waals surface area contributed by atoms with Gasteiger partial charge in [-0.05, 0) is 19.9 Å². The van der Waals surface area contributed by atoms with Crippen LogP contribution in [-0.4, -0.2) is 57.5 Å². The summed E-state index contributed by atoms with van der Waals surface area (Å²) in [5, 5.41) is -0.194. The third-order valence-electron chi connectivity index (χ3n) is 3.88. The molecule has 0 aliphatic rings. The minimum absolute atomic E-state index is 0. The van der Waals surface area contributed by atoms with Gasteiger partial charge in [0.1, 0.15) is 16.5 Å². The van der Waals surface area contributed by atoms with Gasteiger partial charge in [0.25, 0.3) is 0 Å². The van der Waals surface area contributed by atoms with Crippen molar-refractivity contribution in [2.45, 2.75) is 42.3 Å². The lowest BCUT2D eigenvalue weighted by Gasteiger charge is -2.13. The van der Waals surface area contributed by atoms with Crippen molar-refractivity contribution in [2.24, 2.45) is 7.05 Å². The summed E-state index contributed by atoms with van der Waals surface area (Å²) in [6.07, 6.45) is 2.79. The first-order chi connectivity index (χ1) is 13.6. The van der Waals surface area contributed by atoms with Crippen molar-refractivity contribution in [2.75, 3.05) is 5.75 Å². The Bertz CT molecular complexity index is 1080. The van der Waals surface area contributed by atoms with Crippen molar-refractivity contribution < 1.29 is 38.5 Å². The first-order valence-electron chi connectivity index (χ1n) is 8.72. The molecule has 1 atom stereocenters. The van der Waals surface area contributed by atoms with E-state index in [0.29, 0.717) is 38.9 Å². The number of ether oxygens (including phenoxy) is 1. The number of aromatic nitrogens is 4. The van der Waals surface area contributed by atoms with Crippen LogP contribution in [-0.2, 0) is 17.8 Å². The molecule has 1 unspecified atom stereocenters. The van der Waals surface area contributed by atoms with Crippen molar-refractivity contribution in [3.8, 4) is 17.3 Å². The fourth-order valence-electron chi connectivity index (χ4n) is 2.72. The average molecular weight is 499 g/mol. The van der Waals surface area contributed by atoms with Crippen LogP contribution in [0, 0.1) is 0 Å². The summed E-state index contributed by atoms with van der Waals surface area (Å²) in [7, 11) is 0.371. The van der Waals surface area contributed by atoms with E-state index in [4.69, 9.17) is 4.74 Å². The zero-order valence-corrected chi connectivity index (χ0v) is 19.3. The molecule has 0 saturated heterocycles. The van der Waals surface area contributed by atoms with Crippen molar-refractivity contribution in [3.05, 3.63) is 24.5 Å². The van der Waals surface area contributed by atoms with Crippen LogP contribution >= 0.6 is 11.8 Å². The Balaban J connectivity index is 0.00000320. The average Bonchev–Trinajstić information content (AvgIpc) is 2.95. The Kier molecular flexibility index (Phi) is 10.7. The van der Waals surface area contributed by atoms with Gasteiger partial charge in [-0.3, -0.25) is 4.21 Å². The molecular formula is C18H25F3N4O5S2. The van der Waals surface area contributed by atoms with E-state index in [2.05, 4.69) is 15.0 Å². The number of hydrogen-bond acceptors (Lipinski definition) is 6. The van der Waals surface area contributed by atoms with Crippen molar-refractivity contribution in [1.29, 1.82) is 0 Å². The first-order valence-corrected chi connectivity index (χ1v) is 10.9. The molecule has 180 valence electrons. The van der Waals surface area contributed by atoms with Crippen LogP contribution < -0.4 is 4.74 Å². The van der Waals surface area contributed by atoms with Crippen molar-refractivity contribution in [1.82, 2.24) is 19.5 Å². The molecule has 32 heavy (non-hydrogen) atoms. The Morgan fingerprint density at radius 1 is 1.16 bits per heavy atom. The molecule has 3 aromatic heterocycles. The van der Waals surface area contributed by atoms with Gasteiger partial charge >= 0.3 is 5.51 Å². The molecule has 14 heteroatoms. The lowest BCUT2D eigenvalue weighted by Crippen LogP contribution is -2.08. The number of halogens is 3. The number of thioether (sulfide) groups is 1. The Hall–Kier alpha value is -2.26. The number of nitrogens with zero attached hydrogens (tertiary/aromatic N) is 4. The third kappa shape index (κ3) is 6.62. The second-order valence-electron chi connectivity index (χ2n) is 6.37. The van der Waals surface area contributed by atoms with Gasteiger partial charge in [-0.25, -0.2) is 15.0 Å². The summed E-state index contributed by atoms with van der Waals surface area (Å²) in [4.78, 5) is 13.2. The number of fused-ring (bicyclic) bond motifs is 1. The molecule has 0 aromatic carbocycles. The summed E-state index contributed by atoms with van der Waals surface area (Å²) in [6.45, 7) is 5.54. The fraction of sp³-hybridized carbons (Fsp3) is 0.389. The summed E-state index contributed by atoms with van der Waals surface area (Å²) in [6, 6.07) is 2.95. The normalized spacial score (nSPS) is 12.0. The number of alkyl halides is 3. The van der Waals surface area contributed by atoms with Gasteiger partial charge in [0.05, 0.1) is 45.2 Å². The quantitative estimate of drug-likeness (QED) is 0.472. The van der Waals surface area contributed by atoms with Crippen molar-refractivity contribution >= 4 is 33.6 Å². The molecule has 0 aliphatic carbocycles. The predicted octanol–water partition coefficient (Wildman–Crippen LogP) is 2.08. The molecule has 3 heterocycles. The minimum Gasteiger partial charge on any atom is -0.489 e. The van der Waals surface area contributed by atoms with Crippen LogP contribution in [0.25, 0.3) is 22.6 Å². The SMILES string of the molecule is CCS(=O)c1cc(OC(C)C)cnc1-c1nc2cc(SC(F)(F)F)ncc2n1C.O.O.O. The maximum absolute atomic E-state index is 12.6. The number of pyridine rings is 2. The van der Waals surface area contributed by atoms with Gasteiger partial charge in [0, 0.05) is 30.6 Å². The van der Waals surface area contributed by atoms with E-state index in [0.717, 1.165) is 0 Å². The van der Waals surface area contributed by atoms with E-state index < -0.39 is 16.3 Å². The molecule has 0 spiro atoms. The third-order valence-corrected chi connectivity index (χ3v) is 5.87. The molecule has 0 amide bonds. The van der Waals surface area contributed by atoms with E-state index >= 15 is 0 Å². The highest BCUT2D eigenvalue weighted by molar-refractivity contribution is 8.00. The van der Waals surface area contributed by atoms with E-state index in [1.54, 1.807) is 24.6 Å². The fourth-order valence-corrected chi connectivity index (χ4v) is 4.15. The van der Waals surface area contributed by atoms with Crippen LogP contribution in [0.2, 0.25) is 0 Å². The Morgan fingerprint density at radius 2 is 1.81 bits per heavy atom. The number of aryl methyl sites for hydroxylation is 1. The number of hydrogen-bond donors (Lipinski definition) is 0. The van der Waals surface area contributed by atoms with Gasteiger partial charge in [-0.15, -0.1) is 0 Å². The summed E-state index contributed by atoms with van der Waals surface area (Å²) in [5.74, 6) is 1.26. The van der Waals surface area contributed by atoms with E-state index in [1.807, 2.05) is 13.8 Å². The highest BCUT2D eigenvalue weighted by Gasteiger charge is 2.30. The smallest absolute Gasteiger partial charge is 0.447 e. The van der Waals surface area contributed by atoms with Gasteiger partial charge in [0.15, 0.2) is 5.82 Å². The molecule has 0 bridgehead atoms. The Morgan fingerprint density at radius 3 is 2.38 bits per heavy atom. The van der Waals surface area contributed by atoms with E-state index in [9.17, 15) is 17.4 Å². The number of imidazole rings is 1. The molecule has 0 radical (unpaired) electrons. The van der Waals surface area contributed by atoms with Gasteiger partial charge < -0.3 is 25.7 Å². The zero-order chi connectivity index (χ0) is 21.3. The standard InChI is InChI=1S/C18H19F3N4O2S2.3H2O/c1-5-29(26)14-6-11(27-10(2)3)8-23-16(14)17-24-12-7-15(28-18(19,20)21)22-9-13(12)25(17)4;;;/h6-10H,5H2,1-4H3;3*1H2. The van der Waals surface area contributed by atoms with Gasteiger partial charge in [-0.2, -0.15) is 13.2 Å². The van der Waals surface area contributed by atoms with Crippen LogP contribution in [0.15, 0.2) is 34.4 Å². The minimum atomic E-state index is -4.43. The molecular weight excluding hydrogens is 473 g/mol. The molecule has 0 saturated carbocycles. The van der Waals surface area contributed by atoms with E-state index in [1.165, 1.54) is 18.5 Å². The number of rotatable bonds is 6. The van der Waals surface area contributed by atoms with Crippen LogP contribution in [0.5, 0.6) is 5.75 Å². The van der Waals surface area contributed by atoms with Crippen LogP contribution in [0.4, 0.5) is 13.2 Å². The van der Waals surface area contributed by atoms with Crippen LogP contribution in [0.1, 0.15) is 20.8 Å². The maximum atomic E-state index is 12.6. The van der Waals surface area contributed by atoms with Crippen molar-refractivity contribution in [3.63, 3.8) is 0 Å². The van der Waals surface area contributed by atoms with Gasteiger partial charge in [0.2, 0.25) is 0 Å². The molecule has 3 rings (SSSR count). The highest BCUT2D eigenvalue weighted by atomic mass is 32.2. The zero-order valence-electron chi connectivity index (χ0n) is 17.6. The van der Waals surface area contributed by atoms with E-state index in [-0.39, 0.29) is 39.3 Å².